The third kappa shape index (κ3) is 3.69. The molecule has 0 radical (unpaired) electrons. The van der Waals surface area contributed by atoms with Crippen LogP contribution in [-0.4, -0.2) is 24.2 Å². The molecule has 0 aliphatic heterocycles. The van der Waals surface area contributed by atoms with E-state index in [4.69, 9.17) is 4.74 Å². The van der Waals surface area contributed by atoms with Crippen LogP contribution in [-0.2, 0) is 0 Å². The van der Waals surface area contributed by atoms with Gasteiger partial charge in [-0.2, -0.15) is 0 Å². The SMILES string of the molecule is COc1ccc(C(=O)NC2CCCCC2C(C)C)cc1O. The van der Waals surface area contributed by atoms with Crippen molar-refractivity contribution in [2.45, 2.75) is 45.6 Å². The summed E-state index contributed by atoms with van der Waals surface area (Å²) in [7, 11) is 1.49. The lowest BCUT2D eigenvalue weighted by atomic mass is 9.78. The molecule has 0 bridgehead atoms. The molecule has 0 saturated heterocycles. The first kappa shape index (κ1) is 15.7. The molecular formula is C17H25NO3. The quantitative estimate of drug-likeness (QED) is 0.894. The zero-order valence-corrected chi connectivity index (χ0v) is 13.1. The van der Waals surface area contributed by atoms with Gasteiger partial charge in [-0.05, 0) is 42.9 Å². The van der Waals surface area contributed by atoms with Gasteiger partial charge in [-0.3, -0.25) is 4.79 Å². The van der Waals surface area contributed by atoms with Gasteiger partial charge >= 0.3 is 0 Å². The van der Waals surface area contributed by atoms with Crippen LogP contribution >= 0.6 is 0 Å². The van der Waals surface area contributed by atoms with Crippen LogP contribution in [0.2, 0.25) is 0 Å². The standard InChI is InChI=1S/C17H25NO3/c1-11(2)13-6-4-5-7-14(13)18-17(20)12-8-9-16(21-3)15(19)10-12/h8-11,13-14,19H,4-7H2,1-3H3,(H,18,20). The lowest BCUT2D eigenvalue weighted by Crippen LogP contribution is -2.43. The van der Waals surface area contributed by atoms with Crippen molar-refractivity contribution in [2.24, 2.45) is 11.8 Å². The van der Waals surface area contributed by atoms with E-state index < -0.39 is 0 Å². The van der Waals surface area contributed by atoms with E-state index in [2.05, 4.69) is 19.2 Å². The third-order valence-corrected chi connectivity index (χ3v) is 4.43. The van der Waals surface area contributed by atoms with E-state index in [1.807, 2.05) is 0 Å². The Hall–Kier alpha value is -1.71. The van der Waals surface area contributed by atoms with Gasteiger partial charge in [0.25, 0.3) is 5.91 Å². The number of phenols is 1. The molecule has 2 unspecified atom stereocenters. The van der Waals surface area contributed by atoms with E-state index in [0.29, 0.717) is 23.1 Å². The number of rotatable bonds is 4. The Morgan fingerprint density at radius 3 is 2.67 bits per heavy atom. The van der Waals surface area contributed by atoms with Gasteiger partial charge in [-0.25, -0.2) is 0 Å². The van der Waals surface area contributed by atoms with Crippen molar-refractivity contribution < 1.29 is 14.6 Å². The van der Waals surface area contributed by atoms with E-state index >= 15 is 0 Å². The molecule has 1 aromatic rings. The largest absolute Gasteiger partial charge is 0.504 e. The number of carbonyl (C=O) groups is 1. The lowest BCUT2D eigenvalue weighted by molar-refractivity contribution is 0.0888. The smallest absolute Gasteiger partial charge is 0.251 e. The van der Waals surface area contributed by atoms with E-state index in [0.717, 1.165) is 6.42 Å². The molecule has 0 aromatic heterocycles. The van der Waals surface area contributed by atoms with Crippen LogP contribution in [0, 0.1) is 11.8 Å². The molecule has 1 fully saturated rings. The Morgan fingerprint density at radius 2 is 2.05 bits per heavy atom. The maximum Gasteiger partial charge on any atom is 0.251 e. The molecule has 4 nitrogen and oxygen atoms in total. The fraction of sp³-hybridized carbons (Fsp3) is 0.588. The first-order valence-electron chi connectivity index (χ1n) is 7.70. The fourth-order valence-electron chi connectivity index (χ4n) is 3.22. The van der Waals surface area contributed by atoms with Crippen LogP contribution in [0.4, 0.5) is 0 Å². The number of methoxy groups -OCH3 is 1. The maximum atomic E-state index is 12.4. The molecule has 4 heteroatoms. The fourth-order valence-corrected chi connectivity index (χ4v) is 3.22. The molecule has 0 spiro atoms. The van der Waals surface area contributed by atoms with Gasteiger partial charge in [0, 0.05) is 11.6 Å². The molecule has 1 amide bonds. The molecule has 1 aromatic carbocycles. The Balaban J connectivity index is 2.07. The van der Waals surface area contributed by atoms with Gasteiger partial charge in [0.2, 0.25) is 0 Å². The van der Waals surface area contributed by atoms with Gasteiger partial charge in [0.05, 0.1) is 7.11 Å². The van der Waals surface area contributed by atoms with Gasteiger partial charge in [-0.15, -0.1) is 0 Å². The normalized spacial score (nSPS) is 22.1. The molecular weight excluding hydrogens is 266 g/mol. The summed E-state index contributed by atoms with van der Waals surface area (Å²) in [6, 6.07) is 4.99. The summed E-state index contributed by atoms with van der Waals surface area (Å²) in [5, 5.41) is 12.9. The van der Waals surface area contributed by atoms with Crippen molar-refractivity contribution in [3.05, 3.63) is 23.8 Å². The predicted molar refractivity (Wildman–Crippen MR) is 82.7 cm³/mol. The van der Waals surface area contributed by atoms with Crippen molar-refractivity contribution in [1.82, 2.24) is 5.32 Å². The third-order valence-electron chi connectivity index (χ3n) is 4.43. The zero-order valence-electron chi connectivity index (χ0n) is 13.1. The second-order valence-electron chi connectivity index (χ2n) is 6.16. The van der Waals surface area contributed by atoms with Crippen molar-refractivity contribution in [3.63, 3.8) is 0 Å². The molecule has 0 heterocycles. The summed E-state index contributed by atoms with van der Waals surface area (Å²) in [5.41, 5.74) is 0.473. The average molecular weight is 291 g/mol. The summed E-state index contributed by atoms with van der Waals surface area (Å²) < 4.78 is 5.00. The molecule has 2 rings (SSSR count). The van der Waals surface area contributed by atoms with E-state index in [1.165, 1.54) is 32.4 Å². The first-order chi connectivity index (χ1) is 10.0. The van der Waals surface area contributed by atoms with E-state index in [1.54, 1.807) is 12.1 Å². The molecule has 2 atom stereocenters. The number of carbonyl (C=O) groups excluding carboxylic acids is 1. The van der Waals surface area contributed by atoms with E-state index in [-0.39, 0.29) is 17.7 Å². The van der Waals surface area contributed by atoms with Crippen molar-refractivity contribution in [2.75, 3.05) is 7.11 Å². The topological polar surface area (TPSA) is 58.6 Å². The van der Waals surface area contributed by atoms with Crippen LogP contribution < -0.4 is 10.1 Å². The number of hydrogen-bond donors (Lipinski definition) is 2. The molecule has 1 aliphatic carbocycles. The minimum Gasteiger partial charge on any atom is -0.504 e. The second-order valence-corrected chi connectivity index (χ2v) is 6.16. The Labute approximate surface area is 126 Å². The molecule has 116 valence electrons. The van der Waals surface area contributed by atoms with Gasteiger partial charge in [0.1, 0.15) is 0 Å². The predicted octanol–water partition coefficient (Wildman–Crippen LogP) is 3.35. The molecule has 21 heavy (non-hydrogen) atoms. The summed E-state index contributed by atoms with van der Waals surface area (Å²) in [5.74, 6) is 1.36. The highest BCUT2D eigenvalue weighted by atomic mass is 16.5. The number of aromatic hydroxyl groups is 1. The Bertz CT molecular complexity index is 499. The summed E-state index contributed by atoms with van der Waals surface area (Å²) in [4.78, 5) is 12.4. The van der Waals surface area contributed by atoms with Crippen LogP contribution in [0.15, 0.2) is 18.2 Å². The average Bonchev–Trinajstić information content (AvgIpc) is 2.47. The zero-order chi connectivity index (χ0) is 15.4. The van der Waals surface area contributed by atoms with Crippen LogP contribution in [0.25, 0.3) is 0 Å². The lowest BCUT2D eigenvalue weighted by Gasteiger charge is -2.34. The number of phenolic OH excluding ortho intramolecular Hbond substituents is 1. The highest BCUT2D eigenvalue weighted by molar-refractivity contribution is 5.95. The number of amides is 1. The first-order valence-corrected chi connectivity index (χ1v) is 7.70. The minimum atomic E-state index is -0.120. The van der Waals surface area contributed by atoms with Crippen LogP contribution in [0.5, 0.6) is 11.5 Å². The number of nitrogens with one attached hydrogen (secondary N) is 1. The summed E-state index contributed by atoms with van der Waals surface area (Å²) >= 11 is 0. The molecule has 1 aliphatic rings. The second kappa shape index (κ2) is 6.83. The highest BCUT2D eigenvalue weighted by Gasteiger charge is 2.28. The monoisotopic (exact) mass is 291 g/mol. The van der Waals surface area contributed by atoms with Gasteiger partial charge < -0.3 is 15.2 Å². The van der Waals surface area contributed by atoms with Gasteiger partial charge in [-0.1, -0.05) is 26.7 Å². The summed E-state index contributed by atoms with van der Waals surface area (Å²) in [6.07, 6.45) is 4.63. The van der Waals surface area contributed by atoms with Crippen molar-refractivity contribution in [1.29, 1.82) is 0 Å². The van der Waals surface area contributed by atoms with Crippen LogP contribution in [0.1, 0.15) is 49.9 Å². The van der Waals surface area contributed by atoms with Crippen LogP contribution in [0.3, 0.4) is 0 Å². The molecule has 2 N–H and O–H groups in total. The number of hydrogen-bond acceptors (Lipinski definition) is 3. The number of benzene rings is 1. The summed E-state index contributed by atoms with van der Waals surface area (Å²) in [6.45, 7) is 4.43. The molecule has 1 saturated carbocycles. The Kier molecular flexibility index (Phi) is 5.10. The number of ether oxygens (including phenoxy) is 1. The minimum absolute atomic E-state index is 0.00537. The van der Waals surface area contributed by atoms with Gasteiger partial charge in [0.15, 0.2) is 11.5 Å². The highest BCUT2D eigenvalue weighted by Crippen LogP contribution is 2.31. The Morgan fingerprint density at radius 1 is 1.33 bits per heavy atom. The van der Waals surface area contributed by atoms with Crippen molar-refractivity contribution in [3.8, 4) is 11.5 Å². The van der Waals surface area contributed by atoms with E-state index in [9.17, 15) is 9.90 Å². The van der Waals surface area contributed by atoms with Crippen molar-refractivity contribution >= 4 is 5.91 Å². The maximum absolute atomic E-state index is 12.4.